The highest BCUT2D eigenvalue weighted by Crippen LogP contribution is 2.16. The van der Waals surface area contributed by atoms with E-state index in [0.717, 1.165) is 5.69 Å². The van der Waals surface area contributed by atoms with Crippen LogP contribution in [-0.4, -0.2) is 29.3 Å². The van der Waals surface area contributed by atoms with Gasteiger partial charge in [0.05, 0.1) is 22.8 Å². The molecule has 0 amide bonds. The first-order valence-electron chi connectivity index (χ1n) is 5.50. The summed E-state index contributed by atoms with van der Waals surface area (Å²) in [5.41, 5.74) is 3.35. The topological polar surface area (TPSA) is 33.2 Å². The second kappa shape index (κ2) is 6.09. The van der Waals surface area contributed by atoms with Gasteiger partial charge in [-0.3, -0.25) is 9.69 Å². The highest BCUT2D eigenvalue weighted by molar-refractivity contribution is 7.07. The van der Waals surface area contributed by atoms with Crippen molar-refractivity contribution >= 4 is 28.7 Å². The van der Waals surface area contributed by atoms with Crippen molar-refractivity contribution in [3.05, 3.63) is 51.4 Å². The summed E-state index contributed by atoms with van der Waals surface area (Å²) in [5.74, 6) is 0.0262. The molecule has 18 heavy (non-hydrogen) atoms. The molecular weight excluding hydrogens is 268 g/mol. The fourth-order valence-electron chi connectivity index (χ4n) is 1.67. The number of aromatic nitrogens is 1. The van der Waals surface area contributed by atoms with Crippen LogP contribution in [0.3, 0.4) is 0 Å². The van der Waals surface area contributed by atoms with Crippen LogP contribution in [0, 0.1) is 0 Å². The van der Waals surface area contributed by atoms with E-state index in [9.17, 15) is 4.79 Å². The first-order chi connectivity index (χ1) is 8.66. The lowest BCUT2D eigenvalue weighted by Crippen LogP contribution is -2.25. The Balaban J connectivity index is 1.97. The Bertz CT molecular complexity index is 528. The van der Waals surface area contributed by atoms with Crippen LogP contribution in [0.15, 0.2) is 35.2 Å². The van der Waals surface area contributed by atoms with Gasteiger partial charge < -0.3 is 0 Å². The molecule has 1 aromatic carbocycles. The highest BCUT2D eigenvalue weighted by atomic mass is 35.5. The molecule has 0 unspecified atom stereocenters. The maximum Gasteiger partial charge on any atom is 0.178 e. The predicted octanol–water partition coefficient (Wildman–Crippen LogP) is 3.11. The van der Waals surface area contributed by atoms with Crippen molar-refractivity contribution in [2.75, 3.05) is 13.6 Å². The summed E-state index contributed by atoms with van der Waals surface area (Å²) < 4.78 is 0. The SMILES string of the molecule is CN(CC(=O)c1ccccc1Cl)Cc1cscn1. The quantitative estimate of drug-likeness (QED) is 0.789. The zero-order valence-electron chi connectivity index (χ0n) is 9.97. The molecule has 0 bridgehead atoms. The molecule has 0 fully saturated rings. The van der Waals surface area contributed by atoms with Crippen molar-refractivity contribution in [2.45, 2.75) is 6.54 Å². The van der Waals surface area contributed by atoms with Crippen LogP contribution < -0.4 is 0 Å². The van der Waals surface area contributed by atoms with Gasteiger partial charge in [-0.15, -0.1) is 11.3 Å². The van der Waals surface area contributed by atoms with E-state index in [1.54, 1.807) is 29.0 Å². The monoisotopic (exact) mass is 280 g/mol. The van der Waals surface area contributed by atoms with E-state index in [1.165, 1.54) is 0 Å². The standard InChI is InChI=1S/C13H13ClN2OS/c1-16(6-10-8-18-9-15-10)7-13(17)11-4-2-3-5-12(11)14/h2-5,8-9H,6-7H2,1H3. The molecule has 5 heteroatoms. The molecule has 2 rings (SSSR count). The van der Waals surface area contributed by atoms with E-state index in [0.29, 0.717) is 23.7 Å². The number of Topliss-reactive ketones (excluding diaryl/α,β-unsaturated/α-hetero) is 1. The molecule has 1 aromatic heterocycles. The Morgan fingerprint density at radius 2 is 2.22 bits per heavy atom. The zero-order chi connectivity index (χ0) is 13.0. The van der Waals surface area contributed by atoms with Crippen LogP contribution in [0.1, 0.15) is 16.1 Å². The van der Waals surface area contributed by atoms with Crippen LogP contribution in [0.2, 0.25) is 5.02 Å². The van der Waals surface area contributed by atoms with Gasteiger partial charge in [0.1, 0.15) is 0 Å². The lowest BCUT2D eigenvalue weighted by atomic mass is 10.1. The summed E-state index contributed by atoms with van der Waals surface area (Å²) in [5, 5.41) is 2.49. The molecule has 1 heterocycles. The number of benzene rings is 1. The average molecular weight is 281 g/mol. The van der Waals surface area contributed by atoms with Gasteiger partial charge in [0.2, 0.25) is 0 Å². The Kier molecular flexibility index (Phi) is 4.47. The minimum absolute atomic E-state index is 0.0262. The summed E-state index contributed by atoms with van der Waals surface area (Å²) in [4.78, 5) is 18.2. The van der Waals surface area contributed by atoms with Gasteiger partial charge in [-0.2, -0.15) is 0 Å². The summed E-state index contributed by atoms with van der Waals surface area (Å²) in [6.07, 6.45) is 0. The van der Waals surface area contributed by atoms with E-state index < -0.39 is 0 Å². The Morgan fingerprint density at radius 3 is 2.89 bits per heavy atom. The van der Waals surface area contributed by atoms with Crippen molar-refractivity contribution in [1.82, 2.24) is 9.88 Å². The van der Waals surface area contributed by atoms with Gasteiger partial charge in [-0.25, -0.2) is 4.98 Å². The maximum absolute atomic E-state index is 12.1. The van der Waals surface area contributed by atoms with Crippen molar-refractivity contribution in [2.24, 2.45) is 0 Å². The van der Waals surface area contributed by atoms with E-state index in [4.69, 9.17) is 11.6 Å². The van der Waals surface area contributed by atoms with Crippen molar-refractivity contribution in [3.8, 4) is 0 Å². The third-order valence-electron chi connectivity index (χ3n) is 2.50. The molecule has 0 aliphatic carbocycles. The Labute approximate surface area is 115 Å². The number of carbonyl (C=O) groups is 1. The lowest BCUT2D eigenvalue weighted by molar-refractivity contribution is 0.0942. The van der Waals surface area contributed by atoms with Gasteiger partial charge in [0.25, 0.3) is 0 Å². The van der Waals surface area contributed by atoms with Crippen LogP contribution in [0.25, 0.3) is 0 Å². The summed E-state index contributed by atoms with van der Waals surface area (Å²) in [7, 11) is 1.90. The summed E-state index contributed by atoms with van der Waals surface area (Å²) in [6.45, 7) is 1.00. The number of hydrogen-bond acceptors (Lipinski definition) is 4. The number of carbonyl (C=O) groups excluding carboxylic acids is 1. The largest absolute Gasteiger partial charge is 0.293 e. The molecule has 3 nitrogen and oxygen atoms in total. The molecular formula is C13H13ClN2OS. The molecule has 0 saturated heterocycles. The molecule has 0 N–H and O–H groups in total. The van der Waals surface area contributed by atoms with Crippen LogP contribution in [0.4, 0.5) is 0 Å². The molecule has 0 saturated carbocycles. The van der Waals surface area contributed by atoms with Gasteiger partial charge in [0.15, 0.2) is 5.78 Å². The number of thiazole rings is 1. The van der Waals surface area contributed by atoms with Crippen molar-refractivity contribution in [1.29, 1.82) is 0 Å². The first kappa shape index (κ1) is 13.2. The molecule has 0 atom stereocenters. The third-order valence-corrected chi connectivity index (χ3v) is 3.47. The predicted molar refractivity (Wildman–Crippen MR) is 74.2 cm³/mol. The number of nitrogens with zero attached hydrogens (tertiary/aromatic N) is 2. The fourth-order valence-corrected chi connectivity index (χ4v) is 2.46. The van der Waals surface area contributed by atoms with Crippen molar-refractivity contribution in [3.63, 3.8) is 0 Å². The van der Waals surface area contributed by atoms with E-state index >= 15 is 0 Å². The minimum atomic E-state index is 0.0262. The molecule has 0 aliphatic rings. The minimum Gasteiger partial charge on any atom is -0.293 e. The number of likely N-dealkylation sites (N-methyl/N-ethyl adjacent to an activating group) is 1. The van der Waals surface area contributed by atoms with Gasteiger partial charge >= 0.3 is 0 Å². The molecule has 2 aromatic rings. The van der Waals surface area contributed by atoms with Crippen molar-refractivity contribution < 1.29 is 4.79 Å². The third kappa shape index (κ3) is 3.38. The second-order valence-corrected chi connectivity index (χ2v) is 5.18. The fraction of sp³-hybridized carbons (Fsp3) is 0.231. The van der Waals surface area contributed by atoms with Crippen LogP contribution in [0.5, 0.6) is 0 Å². The van der Waals surface area contributed by atoms with E-state index in [-0.39, 0.29) is 5.78 Å². The number of ketones is 1. The highest BCUT2D eigenvalue weighted by Gasteiger charge is 2.12. The Morgan fingerprint density at radius 1 is 1.44 bits per heavy atom. The smallest absolute Gasteiger partial charge is 0.178 e. The van der Waals surface area contributed by atoms with Crippen LogP contribution >= 0.6 is 22.9 Å². The summed E-state index contributed by atoms with van der Waals surface area (Å²) in [6, 6.07) is 7.12. The summed E-state index contributed by atoms with van der Waals surface area (Å²) >= 11 is 7.55. The first-order valence-corrected chi connectivity index (χ1v) is 6.82. The Hall–Kier alpha value is -1.23. The van der Waals surface area contributed by atoms with E-state index in [2.05, 4.69) is 4.98 Å². The van der Waals surface area contributed by atoms with Gasteiger partial charge in [0, 0.05) is 17.5 Å². The second-order valence-electron chi connectivity index (χ2n) is 4.06. The molecule has 0 radical (unpaired) electrons. The number of rotatable bonds is 5. The normalized spacial score (nSPS) is 10.8. The number of hydrogen-bond donors (Lipinski definition) is 0. The van der Waals surface area contributed by atoms with Gasteiger partial charge in [-0.1, -0.05) is 23.7 Å². The molecule has 0 spiro atoms. The van der Waals surface area contributed by atoms with Crippen LogP contribution in [-0.2, 0) is 6.54 Å². The van der Waals surface area contributed by atoms with Gasteiger partial charge in [-0.05, 0) is 19.2 Å². The van der Waals surface area contributed by atoms with E-state index in [1.807, 2.05) is 29.5 Å². The maximum atomic E-state index is 12.1. The molecule has 0 aliphatic heterocycles. The average Bonchev–Trinajstić information content (AvgIpc) is 2.82. The zero-order valence-corrected chi connectivity index (χ0v) is 11.5. The molecule has 94 valence electrons. The number of halogens is 1. The lowest BCUT2D eigenvalue weighted by Gasteiger charge is -2.14.